The van der Waals surface area contributed by atoms with E-state index >= 15 is 0 Å². The predicted molar refractivity (Wildman–Crippen MR) is 114 cm³/mol. The van der Waals surface area contributed by atoms with Crippen molar-refractivity contribution in [3.8, 4) is 11.5 Å². The lowest BCUT2D eigenvalue weighted by Gasteiger charge is -2.06. The van der Waals surface area contributed by atoms with Crippen LogP contribution in [-0.2, 0) is 27.2 Å². The number of carbonyl (C=O) groups excluding carboxylic acids is 2. The maximum Gasteiger partial charge on any atom is 0.337 e. The molecule has 9 heteroatoms. The minimum absolute atomic E-state index is 0.143. The summed E-state index contributed by atoms with van der Waals surface area (Å²) in [5, 5.41) is 0. The normalized spacial score (nSPS) is 13.0. The van der Waals surface area contributed by atoms with Crippen molar-refractivity contribution in [2.45, 2.75) is 19.9 Å². The Labute approximate surface area is 182 Å². The summed E-state index contributed by atoms with van der Waals surface area (Å²) in [6.45, 7) is 3.75. The molecule has 0 saturated carbocycles. The van der Waals surface area contributed by atoms with Crippen molar-refractivity contribution >= 4 is 33.4 Å². The molecule has 4 rings (SSSR count). The van der Waals surface area contributed by atoms with Crippen molar-refractivity contribution in [1.82, 2.24) is 4.57 Å². The zero-order valence-corrected chi connectivity index (χ0v) is 18.1. The third-order valence-electron chi connectivity index (χ3n) is 4.78. The molecule has 0 atom stereocenters. The van der Waals surface area contributed by atoms with Crippen LogP contribution >= 0.6 is 11.3 Å². The van der Waals surface area contributed by atoms with Gasteiger partial charge in [-0.15, -0.1) is 0 Å². The quantitative estimate of drug-likeness (QED) is 0.413. The van der Waals surface area contributed by atoms with E-state index in [1.165, 1.54) is 18.4 Å². The Hall–Kier alpha value is -3.17. The van der Waals surface area contributed by atoms with Gasteiger partial charge in [-0.3, -0.25) is 4.79 Å². The molecular formula is C22H22N2O6S. The number of ether oxygens (including phenoxy) is 4. The second-order valence-electron chi connectivity index (χ2n) is 6.78. The SMILES string of the molecule is CCOCCn1c(=NC(=O)Cc2ccc3c(c2)OCO3)sc2cc(C(=O)OC)ccc21. The van der Waals surface area contributed by atoms with Gasteiger partial charge < -0.3 is 23.5 Å². The first-order valence-corrected chi connectivity index (χ1v) is 10.7. The number of nitrogens with zero attached hydrogens (tertiary/aromatic N) is 2. The number of amides is 1. The zero-order chi connectivity index (χ0) is 21.8. The highest BCUT2D eigenvalue weighted by Crippen LogP contribution is 2.32. The smallest absolute Gasteiger partial charge is 0.337 e. The van der Waals surface area contributed by atoms with Gasteiger partial charge in [0.1, 0.15) is 0 Å². The van der Waals surface area contributed by atoms with E-state index in [-0.39, 0.29) is 19.1 Å². The molecule has 2 heterocycles. The monoisotopic (exact) mass is 442 g/mol. The first-order valence-electron chi connectivity index (χ1n) is 9.84. The molecule has 0 N–H and O–H groups in total. The second-order valence-corrected chi connectivity index (χ2v) is 7.79. The molecule has 0 radical (unpaired) electrons. The van der Waals surface area contributed by atoms with Gasteiger partial charge >= 0.3 is 5.97 Å². The van der Waals surface area contributed by atoms with Crippen LogP contribution < -0.4 is 14.3 Å². The van der Waals surface area contributed by atoms with Crippen molar-refractivity contribution in [2.24, 2.45) is 4.99 Å². The van der Waals surface area contributed by atoms with E-state index < -0.39 is 5.97 Å². The number of hydrogen-bond donors (Lipinski definition) is 0. The summed E-state index contributed by atoms with van der Waals surface area (Å²) in [7, 11) is 1.35. The highest BCUT2D eigenvalue weighted by atomic mass is 32.1. The number of fused-ring (bicyclic) bond motifs is 2. The Morgan fingerprint density at radius 2 is 2.00 bits per heavy atom. The van der Waals surface area contributed by atoms with Crippen LogP contribution in [0.4, 0.5) is 0 Å². The molecule has 0 fully saturated rings. The van der Waals surface area contributed by atoms with E-state index in [4.69, 9.17) is 18.9 Å². The Morgan fingerprint density at radius 1 is 1.16 bits per heavy atom. The van der Waals surface area contributed by atoms with Crippen LogP contribution in [0.25, 0.3) is 10.2 Å². The van der Waals surface area contributed by atoms with E-state index in [0.29, 0.717) is 41.6 Å². The molecule has 2 aromatic carbocycles. The van der Waals surface area contributed by atoms with Crippen LogP contribution in [0.15, 0.2) is 41.4 Å². The van der Waals surface area contributed by atoms with Crippen molar-refractivity contribution < 1.29 is 28.5 Å². The third kappa shape index (κ3) is 4.62. The van der Waals surface area contributed by atoms with E-state index in [1.807, 2.05) is 23.6 Å². The van der Waals surface area contributed by atoms with E-state index in [2.05, 4.69) is 4.99 Å². The standard InChI is InChI=1S/C22H22N2O6S/c1-3-28-9-8-24-16-6-5-15(21(26)27-2)12-19(16)31-22(24)23-20(25)11-14-4-7-17-18(10-14)30-13-29-17/h4-7,10,12H,3,8-9,11,13H2,1-2H3. The molecule has 3 aromatic rings. The topological polar surface area (TPSA) is 88.4 Å². The van der Waals surface area contributed by atoms with Crippen LogP contribution in [0.1, 0.15) is 22.8 Å². The maximum absolute atomic E-state index is 12.7. The Bertz CT molecular complexity index is 1200. The van der Waals surface area contributed by atoms with Crippen LogP contribution in [0.2, 0.25) is 0 Å². The third-order valence-corrected chi connectivity index (χ3v) is 5.82. The van der Waals surface area contributed by atoms with Crippen LogP contribution in [0.3, 0.4) is 0 Å². The minimum atomic E-state index is -0.409. The molecule has 31 heavy (non-hydrogen) atoms. The summed E-state index contributed by atoms with van der Waals surface area (Å²) >= 11 is 1.35. The highest BCUT2D eigenvalue weighted by molar-refractivity contribution is 7.16. The molecule has 8 nitrogen and oxygen atoms in total. The van der Waals surface area contributed by atoms with Gasteiger partial charge in [-0.1, -0.05) is 17.4 Å². The Kier molecular flexibility index (Phi) is 6.34. The average molecular weight is 442 g/mol. The molecule has 0 saturated heterocycles. The minimum Gasteiger partial charge on any atom is -0.465 e. The molecule has 0 unspecified atom stereocenters. The van der Waals surface area contributed by atoms with Gasteiger partial charge in [0, 0.05) is 13.2 Å². The number of esters is 1. The lowest BCUT2D eigenvalue weighted by atomic mass is 10.1. The summed E-state index contributed by atoms with van der Waals surface area (Å²) in [4.78, 5) is 29.5. The van der Waals surface area contributed by atoms with Gasteiger partial charge in [0.05, 0.1) is 35.9 Å². The first kappa shape index (κ1) is 21.1. The van der Waals surface area contributed by atoms with Crippen molar-refractivity contribution in [2.75, 3.05) is 27.1 Å². The molecule has 0 bridgehead atoms. The van der Waals surface area contributed by atoms with E-state index in [9.17, 15) is 9.59 Å². The van der Waals surface area contributed by atoms with E-state index in [1.54, 1.807) is 24.3 Å². The highest BCUT2D eigenvalue weighted by Gasteiger charge is 2.15. The number of rotatable bonds is 7. The number of thiazole rings is 1. The Morgan fingerprint density at radius 3 is 2.81 bits per heavy atom. The van der Waals surface area contributed by atoms with Crippen LogP contribution in [0, 0.1) is 0 Å². The second kappa shape index (κ2) is 9.32. The number of aromatic nitrogens is 1. The first-order chi connectivity index (χ1) is 15.1. The molecule has 0 aliphatic carbocycles. The molecule has 1 aromatic heterocycles. The average Bonchev–Trinajstić information content (AvgIpc) is 3.37. The Balaban J connectivity index is 1.66. The van der Waals surface area contributed by atoms with Crippen molar-refractivity contribution in [3.63, 3.8) is 0 Å². The van der Waals surface area contributed by atoms with Gasteiger partial charge in [0.15, 0.2) is 16.3 Å². The summed E-state index contributed by atoms with van der Waals surface area (Å²) in [5.74, 6) is 0.624. The fourth-order valence-corrected chi connectivity index (χ4v) is 4.40. The zero-order valence-electron chi connectivity index (χ0n) is 17.3. The number of hydrogen-bond acceptors (Lipinski definition) is 7. The van der Waals surface area contributed by atoms with Gasteiger partial charge in [0.2, 0.25) is 6.79 Å². The number of benzene rings is 2. The van der Waals surface area contributed by atoms with Gasteiger partial charge in [-0.25, -0.2) is 4.79 Å². The predicted octanol–water partition coefficient (Wildman–Crippen LogP) is 2.92. The van der Waals surface area contributed by atoms with Gasteiger partial charge in [0.25, 0.3) is 5.91 Å². The number of methoxy groups -OCH3 is 1. The summed E-state index contributed by atoms with van der Waals surface area (Å²) in [5.41, 5.74) is 2.13. The maximum atomic E-state index is 12.7. The fraction of sp³-hybridized carbons (Fsp3) is 0.318. The van der Waals surface area contributed by atoms with E-state index in [0.717, 1.165) is 15.8 Å². The molecule has 162 valence electrons. The van der Waals surface area contributed by atoms with Crippen molar-refractivity contribution in [3.05, 3.63) is 52.3 Å². The molecular weight excluding hydrogens is 420 g/mol. The largest absolute Gasteiger partial charge is 0.465 e. The van der Waals surface area contributed by atoms with Crippen LogP contribution in [0.5, 0.6) is 11.5 Å². The lowest BCUT2D eigenvalue weighted by Crippen LogP contribution is -2.20. The summed E-state index contributed by atoms with van der Waals surface area (Å²) in [6, 6.07) is 10.7. The molecule has 1 amide bonds. The molecule has 0 spiro atoms. The summed E-state index contributed by atoms with van der Waals surface area (Å²) in [6.07, 6.45) is 0.143. The number of carbonyl (C=O) groups is 2. The lowest BCUT2D eigenvalue weighted by molar-refractivity contribution is -0.117. The van der Waals surface area contributed by atoms with Crippen molar-refractivity contribution in [1.29, 1.82) is 0 Å². The van der Waals surface area contributed by atoms with Gasteiger partial charge in [-0.05, 0) is 42.8 Å². The van der Waals surface area contributed by atoms with Gasteiger partial charge in [-0.2, -0.15) is 4.99 Å². The molecule has 1 aliphatic rings. The fourth-order valence-electron chi connectivity index (χ4n) is 3.29. The summed E-state index contributed by atoms with van der Waals surface area (Å²) < 4.78 is 23.8. The van der Waals surface area contributed by atoms with Crippen LogP contribution in [-0.4, -0.2) is 43.6 Å². The molecule has 1 aliphatic heterocycles.